The zero-order valence-corrected chi connectivity index (χ0v) is 11.8. The highest BCUT2D eigenvalue weighted by Crippen LogP contribution is 2.29. The second-order valence-electron chi connectivity index (χ2n) is 4.78. The SMILES string of the molecule is Cc1cc(C)c(NC(=O)c2cc(C(F)(F)F)no2)cc1CO. The molecule has 1 amide bonds. The molecular weight excluding hydrogens is 301 g/mol. The van der Waals surface area contributed by atoms with Crippen molar-refractivity contribution in [1.82, 2.24) is 5.16 Å². The number of halogens is 3. The molecule has 0 unspecified atom stereocenters. The molecule has 22 heavy (non-hydrogen) atoms. The Morgan fingerprint density at radius 2 is 1.95 bits per heavy atom. The van der Waals surface area contributed by atoms with Crippen LogP contribution in [0.2, 0.25) is 0 Å². The van der Waals surface area contributed by atoms with Crippen molar-refractivity contribution in [3.8, 4) is 0 Å². The highest BCUT2D eigenvalue weighted by atomic mass is 19.4. The van der Waals surface area contributed by atoms with E-state index in [1.165, 1.54) is 0 Å². The number of benzene rings is 1. The molecule has 0 radical (unpaired) electrons. The summed E-state index contributed by atoms with van der Waals surface area (Å²) in [6, 6.07) is 3.85. The molecule has 0 atom stereocenters. The smallest absolute Gasteiger partial charge is 0.392 e. The molecule has 1 aromatic carbocycles. The number of anilines is 1. The van der Waals surface area contributed by atoms with Crippen LogP contribution in [0.15, 0.2) is 22.7 Å². The predicted molar refractivity (Wildman–Crippen MR) is 71.3 cm³/mol. The number of aryl methyl sites for hydroxylation is 2. The van der Waals surface area contributed by atoms with Crippen LogP contribution in [0, 0.1) is 13.8 Å². The van der Waals surface area contributed by atoms with Crippen LogP contribution in [0.3, 0.4) is 0 Å². The number of amides is 1. The monoisotopic (exact) mass is 314 g/mol. The fourth-order valence-corrected chi connectivity index (χ4v) is 1.90. The quantitative estimate of drug-likeness (QED) is 0.913. The summed E-state index contributed by atoms with van der Waals surface area (Å²) in [6.07, 6.45) is -4.67. The molecule has 2 rings (SSSR count). The molecule has 0 saturated carbocycles. The van der Waals surface area contributed by atoms with E-state index in [2.05, 4.69) is 15.0 Å². The molecule has 0 fully saturated rings. The molecule has 1 heterocycles. The second-order valence-corrected chi connectivity index (χ2v) is 4.78. The largest absolute Gasteiger partial charge is 0.436 e. The van der Waals surface area contributed by atoms with Gasteiger partial charge in [0.1, 0.15) is 0 Å². The lowest BCUT2D eigenvalue weighted by Crippen LogP contribution is -2.13. The van der Waals surface area contributed by atoms with Gasteiger partial charge < -0.3 is 14.9 Å². The minimum Gasteiger partial charge on any atom is -0.392 e. The summed E-state index contributed by atoms with van der Waals surface area (Å²) in [5, 5.41) is 14.5. The van der Waals surface area contributed by atoms with E-state index in [0.717, 1.165) is 5.56 Å². The van der Waals surface area contributed by atoms with Gasteiger partial charge in [-0.2, -0.15) is 13.2 Å². The van der Waals surface area contributed by atoms with Crippen molar-refractivity contribution >= 4 is 11.6 Å². The number of aliphatic hydroxyl groups excluding tert-OH is 1. The molecule has 0 aliphatic carbocycles. The Morgan fingerprint density at radius 1 is 1.27 bits per heavy atom. The molecule has 2 N–H and O–H groups in total. The van der Waals surface area contributed by atoms with Gasteiger partial charge in [0.05, 0.1) is 6.61 Å². The van der Waals surface area contributed by atoms with Crippen molar-refractivity contribution in [1.29, 1.82) is 0 Å². The van der Waals surface area contributed by atoms with Gasteiger partial charge in [0, 0.05) is 11.8 Å². The first-order chi connectivity index (χ1) is 10.2. The molecular formula is C14H13F3N2O3. The Morgan fingerprint density at radius 3 is 2.50 bits per heavy atom. The van der Waals surface area contributed by atoms with Gasteiger partial charge in [0.2, 0.25) is 5.76 Å². The minimum atomic E-state index is -4.67. The van der Waals surface area contributed by atoms with Crippen molar-refractivity contribution in [3.05, 3.63) is 46.3 Å². The summed E-state index contributed by atoms with van der Waals surface area (Å²) >= 11 is 0. The number of alkyl halides is 3. The van der Waals surface area contributed by atoms with Crippen molar-refractivity contribution in [3.63, 3.8) is 0 Å². The number of nitrogens with one attached hydrogen (secondary N) is 1. The Bertz CT molecular complexity index is 708. The fourth-order valence-electron chi connectivity index (χ4n) is 1.90. The lowest BCUT2D eigenvalue weighted by Gasteiger charge is -2.11. The van der Waals surface area contributed by atoms with Gasteiger partial charge >= 0.3 is 6.18 Å². The summed E-state index contributed by atoms with van der Waals surface area (Å²) in [6.45, 7) is 3.32. The van der Waals surface area contributed by atoms with E-state index >= 15 is 0 Å². The van der Waals surface area contributed by atoms with Crippen LogP contribution in [0.4, 0.5) is 18.9 Å². The van der Waals surface area contributed by atoms with Crippen LogP contribution in [0.25, 0.3) is 0 Å². The number of aliphatic hydroxyl groups is 1. The van der Waals surface area contributed by atoms with E-state index in [1.54, 1.807) is 26.0 Å². The number of hydrogen-bond donors (Lipinski definition) is 2. The highest BCUT2D eigenvalue weighted by molar-refractivity contribution is 6.02. The molecule has 0 bridgehead atoms. The number of aromatic nitrogens is 1. The summed E-state index contributed by atoms with van der Waals surface area (Å²) in [4.78, 5) is 11.9. The van der Waals surface area contributed by atoms with Gasteiger partial charge in [0.15, 0.2) is 5.69 Å². The van der Waals surface area contributed by atoms with Crippen molar-refractivity contribution < 1.29 is 27.6 Å². The first-order valence-electron chi connectivity index (χ1n) is 6.28. The van der Waals surface area contributed by atoms with Crippen LogP contribution in [-0.4, -0.2) is 16.2 Å². The van der Waals surface area contributed by atoms with E-state index in [9.17, 15) is 23.1 Å². The first-order valence-corrected chi connectivity index (χ1v) is 6.28. The van der Waals surface area contributed by atoms with E-state index in [1.807, 2.05) is 0 Å². The lowest BCUT2D eigenvalue weighted by molar-refractivity contribution is -0.142. The van der Waals surface area contributed by atoms with E-state index in [-0.39, 0.29) is 6.61 Å². The zero-order chi connectivity index (χ0) is 16.5. The van der Waals surface area contributed by atoms with Crippen molar-refractivity contribution in [2.75, 3.05) is 5.32 Å². The van der Waals surface area contributed by atoms with E-state index < -0.39 is 23.5 Å². The van der Waals surface area contributed by atoms with Gasteiger partial charge in [-0.1, -0.05) is 11.2 Å². The third-order valence-electron chi connectivity index (χ3n) is 3.13. The minimum absolute atomic E-state index is 0.213. The molecule has 8 heteroatoms. The second kappa shape index (κ2) is 5.80. The first kappa shape index (κ1) is 16.0. The van der Waals surface area contributed by atoms with Crippen LogP contribution in [-0.2, 0) is 12.8 Å². The van der Waals surface area contributed by atoms with Gasteiger partial charge in [-0.15, -0.1) is 0 Å². The molecule has 0 saturated heterocycles. The topological polar surface area (TPSA) is 75.4 Å². The van der Waals surface area contributed by atoms with Gasteiger partial charge in [0.25, 0.3) is 5.91 Å². The van der Waals surface area contributed by atoms with Crippen LogP contribution < -0.4 is 5.32 Å². The highest BCUT2D eigenvalue weighted by Gasteiger charge is 2.35. The van der Waals surface area contributed by atoms with Gasteiger partial charge in [-0.25, -0.2) is 0 Å². The van der Waals surface area contributed by atoms with Gasteiger partial charge in [-0.3, -0.25) is 4.79 Å². The van der Waals surface area contributed by atoms with Crippen LogP contribution >= 0.6 is 0 Å². The average Bonchev–Trinajstić information content (AvgIpc) is 2.91. The zero-order valence-electron chi connectivity index (χ0n) is 11.8. The Hall–Kier alpha value is -2.35. The molecule has 2 aromatic rings. The van der Waals surface area contributed by atoms with E-state index in [4.69, 9.17) is 0 Å². The maximum atomic E-state index is 12.4. The Balaban J connectivity index is 2.24. The van der Waals surface area contributed by atoms with Crippen LogP contribution in [0.1, 0.15) is 32.9 Å². The summed E-state index contributed by atoms with van der Waals surface area (Å²) < 4.78 is 41.7. The maximum Gasteiger partial charge on any atom is 0.436 e. The van der Waals surface area contributed by atoms with Gasteiger partial charge in [-0.05, 0) is 36.6 Å². The summed E-state index contributed by atoms with van der Waals surface area (Å²) in [5.41, 5.74) is 1.27. The standard InChI is InChI=1S/C14H13F3N2O3/c1-7-3-8(2)10(4-9(7)6-20)18-13(21)11-5-12(19-22-11)14(15,16)17/h3-5,20H,6H2,1-2H3,(H,18,21). The normalized spacial score (nSPS) is 11.5. The number of carbonyl (C=O) groups excluding carboxylic acids is 1. The average molecular weight is 314 g/mol. The summed E-state index contributed by atoms with van der Waals surface area (Å²) in [7, 11) is 0. The third-order valence-corrected chi connectivity index (χ3v) is 3.13. The Labute approximate surface area is 123 Å². The van der Waals surface area contributed by atoms with Crippen molar-refractivity contribution in [2.24, 2.45) is 0 Å². The number of nitrogens with zero attached hydrogens (tertiary/aromatic N) is 1. The number of carbonyl (C=O) groups is 1. The molecule has 118 valence electrons. The number of hydrogen-bond acceptors (Lipinski definition) is 4. The maximum absolute atomic E-state index is 12.4. The fraction of sp³-hybridized carbons (Fsp3) is 0.286. The number of rotatable bonds is 3. The van der Waals surface area contributed by atoms with Crippen LogP contribution in [0.5, 0.6) is 0 Å². The summed E-state index contributed by atoms with van der Waals surface area (Å²) in [5.74, 6) is -1.39. The molecule has 1 aromatic heterocycles. The molecule has 0 spiro atoms. The molecule has 0 aliphatic rings. The van der Waals surface area contributed by atoms with Crippen molar-refractivity contribution in [2.45, 2.75) is 26.6 Å². The molecule has 5 nitrogen and oxygen atoms in total. The Kier molecular flexibility index (Phi) is 4.23. The predicted octanol–water partition coefficient (Wildman–Crippen LogP) is 3.05. The lowest BCUT2D eigenvalue weighted by atomic mass is 10.0. The molecule has 0 aliphatic heterocycles. The third kappa shape index (κ3) is 3.28. The van der Waals surface area contributed by atoms with E-state index in [0.29, 0.717) is 22.9 Å².